The van der Waals surface area contributed by atoms with Gasteiger partial charge in [-0.3, -0.25) is 0 Å². The van der Waals surface area contributed by atoms with Crippen molar-refractivity contribution >= 4 is 12.0 Å². The van der Waals surface area contributed by atoms with Crippen molar-refractivity contribution < 1.29 is 9.53 Å². The average molecular weight is 229 g/mol. The van der Waals surface area contributed by atoms with Crippen LogP contribution in [0.4, 0.5) is 0 Å². The molecule has 0 amide bonds. The normalized spacial score (nSPS) is 10.9. The zero-order chi connectivity index (χ0) is 13.0. The fourth-order valence-corrected chi connectivity index (χ4v) is 1.54. The smallest absolute Gasteiger partial charge is 0.348 e. The second-order valence-corrected chi connectivity index (χ2v) is 3.95. The Balaban J connectivity index is 3.27. The number of rotatable bonds is 2. The molecule has 1 aromatic rings. The second kappa shape index (κ2) is 5.31. The van der Waals surface area contributed by atoms with E-state index in [2.05, 4.69) is 4.74 Å². The monoisotopic (exact) mass is 229 g/mol. The highest BCUT2D eigenvalue weighted by Gasteiger charge is 2.09. The van der Waals surface area contributed by atoms with E-state index in [0.717, 1.165) is 16.7 Å². The summed E-state index contributed by atoms with van der Waals surface area (Å²) in [5, 5.41) is 8.88. The zero-order valence-corrected chi connectivity index (χ0v) is 10.5. The van der Waals surface area contributed by atoms with Gasteiger partial charge in [-0.25, -0.2) is 4.79 Å². The van der Waals surface area contributed by atoms with Gasteiger partial charge in [-0.05, 0) is 49.1 Å². The van der Waals surface area contributed by atoms with Gasteiger partial charge < -0.3 is 4.74 Å². The van der Waals surface area contributed by atoms with Crippen molar-refractivity contribution in [3.05, 3.63) is 40.0 Å². The van der Waals surface area contributed by atoms with E-state index < -0.39 is 5.97 Å². The van der Waals surface area contributed by atoms with Gasteiger partial charge in [0.25, 0.3) is 0 Å². The molecule has 0 unspecified atom stereocenters. The molecule has 88 valence electrons. The molecule has 3 nitrogen and oxygen atoms in total. The van der Waals surface area contributed by atoms with Crippen LogP contribution in [0.25, 0.3) is 6.08 Å². The number of nitriles is 1. The predicted octanol–water partition coefficient (Wildman–Crippen LogP) is 2.69. The van der Waals surface area contributed by atoms with Crippen LogP contribution in [0.5, 0.6) is 0 Å². The fraction of sp³-hybridized carbons (Fsp3) is 0.286. The van der Waals surface area contributed by atoms with E-state index in [1.165, 1.54) is 12.7 Å². The van der Waals surface area contributed by atoms with Crippen LogP contribution in [0.3, 0.4) is 0 Å². The third-order valence-electron chi connectivity index (χ3n) is 2.71. The highest BCUT2D eigenvalue weighted by molar-refractivity contribution is 5.98. The molecule has 0 fully saturated rings. The van der Waals surface area contributed by atoms with E-state index in [4.69, 9.17) is 5.26 Å². The summed E-state index contributed by atoms with van der Waals surface area (Å²) in [4.78, 5) is 11.3. The summed E-state index contributed by atoms with van der Waals surface area (Å²) in [6.45, 7) is 5.97. The first-order valence-corrected chi connectivity index (χ1v) is 5.27. The van der Waals surface area contributed by atoms with Crippen LogP contribution in [-0.4, -0.2) is 13.1 Å². The quantitative estimate of drug-likeness (QED) is 0.445. The Kier molecular flexibility index (Phi) is 4.06. The largest absolute Gasteiger partial charge is 0.465 e. The molecule has 1 rings (SSSR count). The Hall–Kier alpha value is -2.08. The van der Waals surface area contributed by atoms with Gasteiger partial charge >= 0.3 is 5.97 Å². The molecule has 17 heavy (non-hydrogen) atoms. The van der Waals surface area contributed by atoms with Crippen LogP contribution in [0.1, 0.15) is 22.3 Å². The van der Waals surface area contributed by atoms with Crippen molar-refractivity contribution in [1.29, 1.82) is 5.26 Å². The minimum absolute atomic E-state index is 0.0128. The Morgan fingerprint density at radius 1 is 1.24 bits per heavy atom. The molecular weight excluding hydrogens is 214 g/mol. The summed E-state index contributed by atoms with van der Waals surface area (Å²) in [7, 11) is 1.26. The van der Waals surface area contributed by atoms with Crippen molar-refractivity contribution in [2.75, 3.05) is 7.11 Å². The molecule has 0 aliphatic rings. The first-order valence-electron chi connectivity index (χ1n) is 5.27. The third kappa shape index (κ3) is 2.94. The molecule has 0 radical (unpaired) electrons. The Labute approximate surface area is 101 Å². The highest BCUT2D eigenvalue weighted by atomic mass is 16.5. The average Bonchev–Trinajstić information content (AvgIpc) is 2.31. The summed E-state index contributed by atoms with van der Waals surface area (Å²) < 4.78 is 4.54. The summed E-state index contributed by atoms with van der Waals surface area (Å²) in [5.41, 5.74) is 4.24. The van der Waals surface area contributed by atoms with E-state index in [-0.39, 0.29) is 5.57 Å². The van der Waals surface area contributed by atoms with Crippen LogP contribution in [0, 0.1) is 32.1 Å². The third-order valence-corrected chi connectivity index (χ3v) is 2.71. The van der Waals surface area contributed by atoms with Gasteiger partial charge in [0, 0.05) is 0 Å². The minimum atomic E-state index is -0.606. The van der Waals surface area contributed by atoms with Gasteiger partial charge in [-0.15, -0.1) is 0 Å². The van der Waals surface area contributed by atoms with E-state index in [9.17, 15) is 4.79 Å². The van der Waals surface area contributed by atoms with Crippen LogP contribution < -0.4 is 0 Å². The molecule has 0 aliphatic carbocycles. The Morgan fingerprint density at radius 3 is 2.35 bits per heavy atom. The minimum Gasteiger partial charge on any atom is -0.465 e. The SMILES string of the molecule is COC(=O)C(C#N)=Cc1cc(C)c(C)cc1C. The lowest BCUT2D eigenvalue weighted by molar-refractivity contribution is -0.135. The number of carbonyl (C=O) groups is 1. The number of methoxy groups -OCH3 is 1. The predicted molar refractivity (Wildman–Crippen MR) is 66.3 cm³/mol. The second-order valence-electron chi connectivity index (χ2n) is 3.95. The number of carbonyl (C=O) groups excluding carboxylic acids is 1. The molecule has 0 aliphatic heterocycles. The maximum absolute atomic E-state index is 11.3. The lowest BCUT2D eigenvalue weighted by atomic mass is 9.99. The van der Waals surface area contributed by atoms with E-state index >= 15 is 0 Å². The van der Waals surface area contributed by atoms with E-state index in [0.29, 0.717) is 0 Å². The van der Waals surface area contributed by atoms with Gasteiger partial charge in [0.15, 0.2) is 0 Å². The summed E-state index contributed by atoms with van der Waals surface area (Å²) in [5.74, 6) is -0.606. The van der Waals surface area contributed by atoms with Gasteiger partial charge in [-0.2, -0.15) is 5.26 Å². The topological polar surface area (TPSA) is 50.1 Å². The molecule has 0 saturated heterocycles. The number of esters is 1. The lowest BCUT2D eigenvalue weighted by Gasteiger charge is -2.06. The summed E-state index contributed by atoms with van der Waals surface area (Å²) in [6, 6.07) is 5.85. The molecular formula is C14H15NO2. The van der Waals surface area contributed by atoms with Crippen molar-refractivity contribution in [2.45, 2.75) is 20.8 Å². The molecule has 1 aromatic carbocycles. The fourth-order valence-electron chi connectivity index (χ4n) is 1.54. The molecule has 0 N–H and O–H groups in total. The van der Waals surface area contributed by atoms with Crippen LogP contribution >= 0.6 is 0 Å². The first-order chi connectivity index (χ1) is 7.99. The molecule has 0 atom stereocenters. The van der Waals surface area contributed by atoms with Gasteiger partial charge in [-0.1, -0.05) is 12.1 Å². The molecule has 0 saturated carbocycles. The molecule has 0 heterocycles. The van der Waals surface area contributed by atoms with Crippen LogP contribution in [-0.2, 0) is 9.53 Å². The maximum Gasteiger partial charge on any atom is 0.348 e. The van der Waals surface area contributed by atoms with Crippen LogP contribution in [0.2, 0.25) is 0 Å². The number of nitrogens with zero attached hydrogens (tertiary/aromatic N) is 1. The van der Waals surface area contributed by atoms with Crippen molar-refractivity contribution in [1.82, 2.24) is 0 Å². The number of aryl methyl sites for hydroxylation is 3. The lowest BCUT2D eigenvalue weighted by Crippen LogP contribution is -2.03. The van der Waals surface area contributed by atoms with Gasteiger partial charge in [0.05, 0.1) is 7.11 Å². The Bertz CT molecular complexity index is 522. The molecule has 0 aromatic heterocycles. The van der Waals surface area contributed by atoms with Gasteiger partial charge in [0.1, 0.15) is 11.6 Å². The van der Waals surface area contributed by atoms with Crippen molar-refractivity contribution in [3.63, 3.8) is 0 Å². The van der Waals surface area contributed by atoms with Crippen molar-refractivity contribution in [3.8, 4) is 6.07 Å². The van der Waals surface area contributed by atoms with E-state index in [1.807, 2.05) is 39.0 Å². The summed E-state index contributed by atoms with van der Waals surface area (Å²) >= 11 is 0. The number of hydrogen-bond donors (Lipinski definition) is 0. The number of hydrogen-bond acceptors (Lipinski definition) is 3. The first kappa shape index (κ1) is 13.0. The van der Waals surface area contributed by atoms with Crippen LogP contribution in [0.15, 0.2) is 17.7 Å². The standard InChI is InChI=1S/C14H15NO2/c1-9-5-11(3)12(6-10(9)2)7-13(8-15)14(16)17-4/h5-7H,1-4H3. The zero-order valence-electron chi connectivity index (χ0n) is 10.5. The molecule has 3 heteroatoms. The summed E-state index contributed by atoms with van der Waals surface area (Å²) in [6.07, 6.45) is 1.56. The molecule has 0 spiro atoms. The van der Waals surface area contributed by atoms with E-state index in [1.54, 1.807) is 6.08 Å². The highest BCUT2D eigenvalue weighted by Crippen LogP contribution is 2.18. The van der Waals surface area contributed by atoms with Crippen molar-refractivity contribution in [2.24, 2.45) is 0 Å². The maximum atomic E-state index is 11.3. The number of ether oxygens (including phenoxy) is 1. The Morgan fingerprint density at radius 2 is 1.82 bits per heavy atom. The van der Waals surface area contributed by atoms with Gasteiger partial charge in [0.2, 0.25) is 0 Å². The molecule has 0 bridgehead atoms. The number of benzene rings is 1.